The molecule has 0 saturated carbocycles. The first-order valence-corrected chi connectivity index (χ1v) is 5.21. The van der Waals surface area contributed by atoms with Gasteiger partial charge in [0, 0.05) is 13.6 Å². The SMILES string of the molecule is Cc1cccc2c1NC(=O)C(C)CN2C. The molecule has 1 atom stereocenters. The van der Waals surface area contributed by atoms with Crippen LogP contribution in [0.15, 0.2) is 18.2 Å². The van der Waals surface area contributed by atoms with E-state index < -0.39 is 0 Å². The summed E-state index contributed by atoms with van der Waals surface area (Å²) in [4.78, 5) is 13.9. The van der Waals surface area contributed by atoms with Crippen LogP contribution in [0.25, 0.3) is 0 Å². The molecule has 0 fully saturated rings. The highest BCUT2D eigenvalue weighted by Crippen LogP contribution is 2.31. The third-order valence-corrected chi connectivity index (χ3v) is 2.91. The number of para-hydroxylation sites is 1. The minimum Gasteiger partial charge on any atom is -0.372 e. The molecule has 1 N–H and O–H groups in total. The van der Waals surface area contributed by atoms with E-state index in [9.17, 15) is 4.79 Å². The molecule has 3 heteroatoms. The van der Waals surface area contributed by atoms with Gasteiger partial charge in [-0.3, -0.25) is 4.79 Å². The fourth-order valence-electron chi connectivity index (χ4n) is 1.97. The maximum absolute atomic E-state index is 11.7. The number of nitrogens with one attached hydrogen (secondary N) is 1. The van der Waals surface area contributed by atoms with Crippen LogP contribution in [0, 0.1) is 12.8 Å². The molecule has 0 bridgehead atoms. The third-order valence-electron chi connectivity index (χ3n) is 2.91. The summed E-state index contributed by atoms with van der Waals surface area (Å²) in [5.74, 6) is 0.136. The Morgan fingerprint density at radius 2 is 2.20 bits per heavy atom. The van der Waals surface area contributed by atoms with Crippen molar-refractivity contribution in [2.75, 3.05) is 23.8 Å². The zero-order valence-corrected chi connectivity index (χ0v) is 9.37. The number of aryl methyl sites for hydroxylation is 1. The molecule has 0 aliphatic carbocycles. The van der Waals surface area contributed by atoms with Crippen molar-refractivity contribution < 1.29 is 4.79 Å². The van der Waals surface area contributed by atoms with E-state index in [1.165, 1.54) is 0 Å². The predicted octanol–water partition coefficient (Wildman–Crippen LogP) is 2.02. The summed E-state index contributed by atoms with van der Waals surface area (Å²) < 4.78 is 0. The molecule has 0 saturated heterocycles. The molecule has 0 spiro atoms. The lowest BCUT2D eigenvalue weighted by Crippen LogP contribution is -2.27. The Labute approximate surface area is 90.1 Å². The van der Waals surface area contributed by atoms with Gasteiger partial charge >= 0.3 is 0 Å². The second kappa shape index (κ2) is 3.57. The summed E-state index contributed by atoms with van der Waals surface area (Å²) in [6.45, 7) is 4.73. The summed E-state index contributed by atoms with van der Waals surface area (Å²) in [6, 6.07) is 6.08. The van der Waals surface area contributed by atoms with Crippen LogP contribution in [0.4, 0.5) is 11.4 Å². The fraction of sp³-hybridized carbons (Fsp3) is 0.417. The van der Waals surface area contributed by atoms with Crippen molar-refractivity contribution in [2.24, 2.45) is 5.92 Å². The number of nitrogens with zero attached hydrogens (tertiary/aromatic N) is 1. The monoisotopic (exact) mass is 204 g/mol. The van der Waals surface area contributed by atoms with Crippen molar-refractivity contribution in [2.45, 2.75) is 13.8 Å². The molecular weight excluding hydrogens is 188 g/mol. The first-order chi connectivity index (χ1) is 7.09. The highest BCUT2D eigenvalue weighted by molar-refractivity contribution is 5.98. The maximum Gasteiger partial charge on any atom is 0.229 e. The van der Waals surface area contributed by atoms with Crippen LogP contribution in [-0.2, 0) is 4.79 Å². The van der Waals surface area contributed by atoms with Crippen LogP contribution in [0.5, 0.6) is 0 Å². The molecular formula is C12H16N2O. The first kappa shape index (κ1) is 10.0. The minimum absolute atomic E-state index is 0.0294. The summed E-state index contributed by atoms with van der Waals surface area (Å²) in [5, 5.41) is 2.99. The smallest absolute Gasteiger partial charge is 0.229 e. The van der Waals surface area contributed by atoms with E-state index in [1.807, 2.05) is 39.1 Å². The van der Waals surface area contributed by atoms with E-state index in [0.29, 0.717) is 0 Å². The lowest BCUT2D eigenvalue weighted by molar-refractivity contribution is -0.119. The second-order valence-corrected chi connectivity index (χ2v) is 4.24. The summed E-state index contributed by atoms with van der Waals surface area (Å²) in [6.07, 6.45) is 0. The Bertz CT molecular complexity index is 401. The third kappa shape index (κ3) is 1.69. The van der Waals surface area contributed by atoms with Crippen molar-refractivity contribution >= 4 is 17.3 Å². The number of carbonyl (C=O) groups excluding carboxylic acids is 1. The molecule has 1 aromatic carbocycles. The van der Waals surface area contributed by atoms with Gasteiger partial charge in [-0.05, 0) is 18.6 Å². The lowest BCUT2D eigenvalue weighted by atomic mass is 10.1. The number of hydrogen-bond acceptors (Lipinski definition) is 2. The van der Waals surface area contributed by atoms with E-state index in [1.54, 1.807) is 0 Å². The Morgan fingerprint density at radius 3 is 2.93 bits per heavy atom. The summed E-state index contributed by atoms with van der Waals surface area (Å²) >= 11 is 0. The number of benzene rings is 1. The first-order valence-electron chi connectivity index (χ1n) is 5.21. The van der Waals surface area contributed by atoms with E-state index in [-0.39, 0.29) is 11.8 Å². The van der Waals surface area contributed by atoms with E-state index >= 15 is 0 Å². The molecule has 1 aromatic rings. The van der Waals surface area contributed by atoms with E-state index in [2.05, 4.69) is 10.2 Å². The van der Waals surface area contributed by atoms with Gasteiger partial charge < -0.3 is 10.2 Å². The molecule has 0 radical (unpaired) electrons. The van der Waals surface area contributed by atoms with Gasteiger partial charge in [0.2, 0.25) is 5.91 Å². The molecule has 1 heterocycles. The van der Waals surface area contributed by atoms with Crippen LogP contribution < -0.4 is 10.2 Å². The molecule has 1 aliphatic rings. The van der Waals surface area contributed by atoms with Gasteiger partial charge in [-0.15, -0.1) is 0 Å². The van der Waals surface area contributed by atoms with Crippen molar-refractivity contribution in [3.05, 3.63) is 23.8 Å². The molecule has 1 aliphatic heterocycles. The molecule has 1 unspecified atom stereocenters. The minimum atomic E-state index is 0.0294. The zero-order valence-electron chi connectivity index (χ0n) is 9.37. The molecule has 1 amide bonds. The van der Waals surface area contributed by atoms with Gasteiger partial charge in [0.25, 0.3) is 0 Å². The lowest BCUT2D eigenvalue weighted by Gasteiger charge is -2.20. The Hall–Kier alpha value is -1.51. The standard InChI is InChI=1S/C12H16N2O/c1-8-5-4-6-10-11(8)13-12(15)9(2)7-14(10)3/h4-6,9H,7H2,1-3H3,(H,13,15). The number of carbonyl (C=O) groups is 1. The topological polar surface area (TPSA) is 32.3 Å². The van der Waals surface area contributed by atoms with Crippen LogP contribution in [0.3, 0.4) is 0 Å². The number of hydrogen-bond donors (Lipinski definition) is 1. The zero-order chi connectivity index (χ0) is 11.0. The number of fused-ring (bicyclic) bond motifs is 1. The molecule has 2 rings (SSSR count). The molecule has 3 nitrogen and oxygen atoms in total. The van der Waals surface area contributed by atoms with Crippen LogP contribution in [-0.4, -0.2) is 19.5 Å². The largest absolute Gasteiger partial charge is 0.372 e. The number of anilines is 2. The summed E-state index contributed by atoms with van der Waals surface area (Å²) in [7, 11) is 2.02. The van der Waals surface area contributed by atoms with Crippen LogP contribution in [0.2, 0.25) is 0 Å². The van der Waals surface area contributed by atoms with Crippen LogP contribution in [0.1, 0.15) is 12.5 Å². The fourth-order valence-corrected chi connectivity index (χ4v) is 1.97. The van der Waals surface area contributed by atoms with Gasteiger partial charge in [0.1, 0.15) is 0 Å². The highest BCUT2D eigenvalue weighted by Gasteiger charge is 2.23. The number of rotatable bonds is 0. The predicted molar refractivity (Wildman–Crippen MR) is 62.2 cm³/mol. The van der Waals surface area contributed by atoms with Crippen LogP contribution >= 0.6 is 0 Å². The average molecular weight is 204 g/mol. The van der Waals surface area contributed by atoms with Crippen molar-refractivity contribution in [1.29, 1.82) is 0 Å². The van der Waals surface area contributed by atoms with Gasteiger partial charge in [0.05, 0.1) is 17.3 Å². The molecule has 80 valence electrons. The highest BCUT2D eigenvalue weighted by atomic mass is 16.1. The van der Waals surface area contributed by atoms with Crippen molar-refractivity contribution in [3.8, 4) is 0 Å². The van der Waals surface area contributed by atoms with Crippen molar-refractivity contribution in [1.82, 2.24) is 0 Å². The van der Waals surface area contributed by atoms with Gasteiger partial charge in [-0.1, -0.05) is 19.1 Å². The average Bonchev–Trinajstić information content (AvgIpc) is 2.29. The molecule has 15 heavy (non-hydrogen) atoms. The summed E-state index contributed by atoms with van der Waals surface area (Å²) in [5.41, 5.74) is 3.17. The van der Waals surface area contributed by atoms with Gasteiger partial charge in [-0.25, -0.2) is 0 Å². The van der Waals surface area contributed by atoms with Gasteiger partial charge in [-0.2, -0.15) is 0 Å². The Balaban J connectivity index is 2.51. The van der Waals surface area contributed by atoms with Gasteiger partial charge in [0.15, 0.2) is 0 Å². The maximum atomic E-state index is 11.7. The Morgan fingerprint density at radius 1 is 1.47 bits per heavy atom. The second-order valence-electron chi connectivity index (χ2n) is 4.24. The Kier molecular flexibility index (Phi) is 2.39. The van der Waals surface area contributed by atoms with Crippen molar-refractivity contribution in [3.63, 3.8) is 0 Å². The molecule has 0 aromatic heterocycles. The van der Waals surface area contributed by atoms with E-state index in [0.717, 1.165) is 23.5 Å². The van der Waals surface area contributed by atoms with E-state index in [4.69, 9.17) is 0 Å². The normalized spacial score (nSPS) is 20.6. The quantitative estimate of drug-likeness (QED) is 0.701. The number of amides is 1.